The Bertz CT molecular complexity index is 1080. The van der Waals surface area contributed by atoms with E-state index in [2.05, 4.69) is 69.6 Å². The summed E-state index contributed by atoms with van der Waals surface area (Å²) >= 11 is 0. The highest BCUT2D eigenvalue weighted by Crippen LogP contribution is 2.45. The van der Waals surface area contributed by atoms with Gasteiger partial charge in [0.2, 0.25) is 5.91 Å². The Morgan fingerprint density at radius 3 is 2.82 bits per heavy atom. The number of aromatic nitrogens is 3. The van der Waals surface area contributed by atoms with E-state index in [0.29, 0.717) is 24.5 Å². The van der Waals surface area contributed by atoms with Crippen LogP contribution in [0.4, 0.5) is 0 Å². The lowest BCUT2D eigenvalue weighted by Gasteiger charge is -2.45. The maximum absolute atomic E-state index is 13.0. The molecular weight excluding hydrogens is 418 g/mol. The van der Waals surface area contributed by atoms with Gasteiger partial charge in [0.15, 0.2) is 0 Å². The van der Waals surface area contributed by atoms with Crippen LogP contribution in [-0.2, 0) is 17.8 Å². The molecule has 0 radical (unpaired) electrons. The lowest BCUT2D eigenvalue weighted by Crippen LogP contribution is -2.51. The highest BCUT2D eigenvalue weighted by molar-refractivity contribution is 5.89. The first kappa shape index (κ1) is 25.0. The van der Waals surface area contributed by atoms with Crippen LogP contribution in [0.15, 0.2) is 43.1 Å². The van der Waals surface area contributed by atoms with Crippen LogP contribution < -0.4 is 5.32 Å². The largest absolute Gasteiger partial charge is 0.412 e. The van der Waals surface area contributed by atoms with Crippen LogP contribution in [-0.4, -0.2) is 62.1 Å². The highest BCUT2D eigenvalue weighted by Gasteiger charge is 2.41. The molecule has 0 saturated carbocycles. The van der Waals surface area contributed by atoms with Gasteiger partial charge in [-0.1, -0.05) is 12.1 Å². The van der Waals surface area contributed by atoms with E-state index in [0.717, 1.165) is 32.4 Å². The molecule has 1 aliphatic carbocycles. The average Bonchev–Trinajstić information content (AvgIpc) is 3.41. The standard InChI is InChI=1S/C25H33N5O.2H2O/c1-17(2)30-15-18-13-23-21(20-6-4-7-22(30)24(18)20)12-19(14-28(23)3)25(31)27-8-5-10-29-11-9-26-16-29;;/h4,6-7,9,11,15-17,19,21,23H,5,8,10,12-14H2,1-3H3,(H,27,31);2*1H2/t19?,21-,23-;;/m1../s1. The first-order valence-electron chi connectivity index (χ1n) is 11.6. The zero-order valence-electron chi connectivity index (χ0n) is 19.8. The molecule has 8 heteroatoms. The summed E-state index contributed by atoms with van der Waals surface area (Å²) in [7, 11) is 2.20. The zero-order chi connectivity index (χ0) is 21.5. The number of benzene rings is 1. The monoisotopic (exact) mass is 455 g/mol. The van der Waals surface area contributed by atoms with E-state index in [9.17, 15) is 4.79 Å². The molecule has 5 rings (SSSR count). The fraction of sp³-hybridized carbons (Fsp3) is 0.520. The van der Waals surface area contributed by atoms with Crippen molar-refractivity contribution in [3.05, 3.63) is 54.2 Å². The third-order valence-electron chi connectivity index (χ3n) is 7.25. The minimum Gasteiger partial charge on any atom is -0.412 e. The van der Waals surface area contributed by atoms with E-state index in [4.69, 9.17) is 0 Å². The summed E-state index contributed by atoms with van der Waals surface area (Å²) in [6.07, 6.45) is 10.9. The van der Waals surface area contributed by atoms with Gasteiger partial charge in [0.1, 0.15) is 0 Å². The number of fused-ring (bicyclic) bond motifs is 2. The number of rotatable bonds is 6. The van der Waals surface area contributed by atoms with Gasteiger partial charge < -0.3 is 30.3 Å². The Kier molecular flexibility index (Phi) is 7.62. The van der Waals surface area contributed by atoms with Crippen molar-refractivity contribution in [2.75, 3.05) is 20.1 Å². The molecule has 0 spiro atoms. The van der Waals surface area contributed by atoms with Crippen molar-refractivity contribution in [3.63, 3.8) is 0 Å². The Morgan fingerprint density at radius 2 is 2.09 bits per heavy atom. The van der Waals surface area contributed by atoms with Gasteiger partial charge in [0.25, 0.3) is 0 Å². The van der Waals surface area contributed by atoms with Crippen molar-refractivity contribution in [2.24, 2.45) is 5.92 Å². The van der Waals surface area contributed by atoms with Crippen molar-refractivity contribution in [3.8, 4) is 0 Å². The summed E-state index contributed by atoms with van der Waals surface area (Å²) in [5.41, 5.74) is 4.25. The molecule has 2 aliphatic rings. The summed E-state index contributed by atoms with van der Waals surface area (Å²) in [4.78, 5) is 19.5. The van der Waals surface area contributed by atoms with Crippen molar-refractivity contribution >= 4 is 16.8 Å². The van der Waals surface area contributed by atoms with Crippen LogP contribution in [0.2, 0.25) is 0 Å². The van der Waals surface area contributed by atoms with Crippen LogP contribution >= 0.6 is 0 Å². The van der Waals surface area contributed by atoms with Crippen LogP contribution in [0.5, 0.6) is 0 Å². The number of nitrogens with zero attached hydrogens (tertiary/aromatic N) is 4. The van der Waals surface area contributed by atoms with E-state index in [1.807, 2.05) is 12.5 Å². The molecule has 3 heterocycles. The average molecular weight is 456 g/mol. The number of likely N-dealkylation sites (tertiary alicyclic amines) is 1. The molecule has 3 atom stereocenters. The maximum atomic E-state index is 13.0. The number of amides is 1. The molecule has 1 unspecified atom stereocenters. The van der Waals surface area contributed by atoms with Gasteiger partial charge in [-0.05, 0) is 57.4 Å². The lowest BCUT2D eigenvalue weighted by atomic mass is 9.72. The second-order valence-electron chi connectivity index (χ2n) is 9.59. The Balaban J connectivity index is 0.00000153. The van der Waals surface area contributed by atoms with Gasteiger partial charge in [-0.15, -0.1) is 0 Å². The second-order valence-corrected chi connectivity index (χ2v) is 9.59. The van der Waals surface area contributed by atoms with Crippen molar-refractivity contribution in [2.45, 2.75) is 57.7 Å². The summed E-state index contributed by atoms with van der Waals surface area (Å²) in [6.45, 7) is 6.93. The molecule has 3 aromatic rings. The van der Waals surface area contributed by atoms with E-state index in [1.165, 1.54) is 22.0 Å². The summed E-state index contributed by atoms with van der Waals surface area (Å²) in [5, 5.41) is 4.63. The topological polar surface area (TPSA) is 118 Å². The Morgan fingerprint density at radius 1 is 1.27 bits per heavy atom. The normalized spacial score (nSPS) is 21.9. The summed E-state index contributed by atoms with van der Waals surface area (Å²) < 4.78 is 4.46. The molecule has 8 nitrogen and oxygen atoms in total. The third-order valence-corrected chi connectivity index (χ3v) is 7.25. The number of imidazole rings is 1. The van der Waals surface area contributed by atoms with Gasteiger partial charge in [-0.25, -0.2) is 4.98 Å². The van der Waals surface area contributed by atoms with E-state index >= 15 is 0 Å². The predicted octanol–water partition coefficient (Wildman–Crippen LogP) is 1.94. The molecule has 0 bridgehead atoms. The van der Waals surface area contributed by atoms with Gasteiger partial charge in [0, 0.05) is 67.1 Å². The Labute approximate surface area is 195 Å². The fourth-order valence-corrected chi connectivity index (χ4v) is 5.73. The van der Waals surface area contributed by atoms with E-state index in [1.54, 1.807) is 6.20 Å². The third kappa shape index (κ3) is 4.55. The molecule has 180 valence electrons. The quantitative estimate of drug-likeness (QED) is 0.572. The molecule has 1 fully saturated rings. The van der Waals surface area contributed by atoms with E-state index < -0.39 is 0 Å². The second kappa shape index (κ2) is 10.1. The summed E-state index contributed by atoms with van der Waals surface area (Å²) in [6, 6.07) is 7.67. The summed E-state index contributed by atoms with van der Waals surface area (Å²) in [5.74, 6) is 0.664. The number of piperidine rings is 1. The molecule has 1 aliphatic heterocycles. The van der Waals surface area contributed by atoms with Crippen molar-refractivity contribution < 1.29 is 15.7 Å². The highest BCUT2D eigenvalue weighted by atomic mass is 16.1. The number of hydrogen-bond donors (Lipinski definition) is 1. The van der Waals surface area contributed by atoms with Crippen LogP contribution in [0.3, 0.4) is 0 Å². The van der Waals surface area contributed by atoms with Gasteiger partial charge >= 0.3 is 0 Å². The van der Waals surface area contributed by atoms with Gasteiger partial charge in [-0.3, -0.25) is 4.79 Å². The van der Waals surface area contributed by atoms with Gasteiger partial charge in [-0.2, -0.15) is 0 Å². The fourth-order valence-electron chi connectivity index (χ4n) is 5.73. The molecule has 1 saturated heterocycles. The first-order valence-corrected chi connectivity index (χ1v) is 11.6. The Hall–Kier alpha value is -2.68. The number of aryl methyl sites for hydroxylation is 1. The number of nitrogens with one attached hydrogen (secondary N) is 1. The van der Waals surface area contributed by atoms with Crippen LogP contribution in [0, 0.1) is 5.92 Å². The smallest absolute Gasteiger partial charge is 0.224 e. The minimum atomic E-state index is 0. The number of likely N-dealkylation sites (N-methyl/N-ethyl adjacent to an activating group) is 1. The lowest BCUT2D eigenvalue weighted by molar-refractivity contribution is -0.127. The molecule has 33 heavy (non-hydrogen) atoms. The van der Waals surface area contributed by atoms with Gasteiger partial charge in [0.05, 0.1) is 12.2 Å². The molecule has 5 N–H and O–H groups in total. The number of hydrogen-bond acceptors (Lipinski definition) is 3. The predicted molar refractivity (Wildman–Crippen MR) is 130 cm³/mol. The number of carbonyl (C=O) groups is 1. The van der Waals surface area contributed by atoms with Crippen molar-refractivity contribution in [1.82, 2.24) is 24.3 Å². The molecule has 2 aromatic heterocycles. The molecule has 1 amide bonds. The first-order chi connectivity index (χ1) is 15.0. The van der Waals surface area contributed by atoms with Crippen LogP contribution in [0.1, 0.15) is 49.8 Å². The van der Waals surface area contributed by atoms with Crippen molar-refractivity contribution in [1.29, 1.82) is 0 Å². The molecular formula is C25H37N5O3. The maximum Gasteiger partial charge on any atom is 0.224 e. The molecule has 1 aromatic carbocycles. The zero-order valence-corrected chi connectivity index (χ0v) is 19.8. The minimum absolute atomic E-state index is 0. The SMILES string of the molecule is CC(C)n1cc2c3c(cccc31)[C@H]1CC(C(=O)NCCCn3ccnc3)CN(C)[C@@H]1C2.O.O. The van der Waals surface area contributed by atoms with E-state index in [-0.39, 0.29) is 22.8 Å². The number of carbonyl (C=O) groups excluding carboxylic acids is 1. The van der Waals surface area contributed by atoms with Crippen LogP contribution in [0.25, 0.3) is 10.9 Å².